The first-order valence-corrected chi connectivity index (χ1v) is 6.93. The summed E-state index contributed by atoms with van der Waals surface area (Å²) < 4.78 is 0. The molecule has 86 valence electrons. The predicted octanol–water partition coefficient (Wildman–Crippen LogP) is 3.31. The normalized spacial score (nSPS) is 20.0. The van der Waals surface area contributed by atoms with E-state index in [9.17, 15) is 4.79 Å². The molecule has 0 aliphatic carbocycles. The number of thioether (sulfide) groups is 1. The molecule has 16 heavy (non-hydrogen) atoms. The highest BCUT2D eigenvalue weighted by molar-refractivity contribution is 8.00. The molecule has 2 heteroatoms. The Balaban J connectivity index is 2.11. The lowest BCUT2D eigenvalue weighted by Crippen LogP contribution is -2.17. The van der Waals surface area contributed by atoms with Crippen LogP contribution in [0.1, 0.15) is 29.5 Å². The lowest BCUT2D eigenvalue weighted by Gasteiger charge is -2.11. The number of benzene rings is 1. The topological polar surface area (TPSA) is 17.1 Å². The summed E-state index contributed by atoms with van der Waals surface area (Å²) in [5.74, 6) is 1.57. The summed E-state index contributed by atoms with van der Waals surface area (Å²) in [5.41, 5.74) is 3.73. The summed E-state index contributed by atoms with van der Waals surface area (Å²) in [6.45, 7) is 4.19. The minimum absolute atomic E-state index is 0.263. The molecular weight excluding hydrogens is 216 g/mol. The Morgan fingerprint density at radius 2 is 2.06 bits per heavy atom. The van der Waals surface area contributed by atoms with E-state index in [1.54, 1.807) is 0 Å². The summed E-state index contributed by atoms with van der Waals surface area (Å²) in [7, 11) is 0. The highest BCUT2D eigenvalue weighted by Gasteiger charge is 2.23. The zero-order valence-electron chi connectivity index (χ0n) is 9.95. The van der Waals surface area contributed by atoms with Gasteiger partial charge in [-0.2, -0.15) is 11.8 Å². The first-order chi connectivity index (χ1) is 7.68. The molecule has 1 aromatic rings. The zero-order chi connectivity index (χ0) is 11.5. The molecule has 0 saturated carbocycles. The van der Waals surface area contributed by atoms with E-state index in [0.29, 0.717) is 12.2 Å². The van der Waals surface area contributed by atoms with Crippen molar-refractivity contribution >= 4 is 17.5 Å². The molecular formula is C14H18OS. The van der Waals surface area contributed by atoms with E-state index in [2.05, 4.69) is 32.0 Å². The van der Waals surface area contributed by atoms with E-state index in [1.165, 1.54) is 23.1 Å². The molecule has 0 aromatic heterocycles. The maximum Gasteiger partial charge on any atom is 0.150 e. The lowest BCUT2D eigenvalue weighted by molar-refractivity contribution is -0.117. The van der Waals surface area contributed by atoms with Gasteiger partial charge in [-0.25, -0.2) is 0 Å². The van der Waals surface area contributed by atoms with Crippen LogP contribution in [-0.4, -0.2) is 16.8 Å². The average molecular weight is 234 g/mol. The van der Waals surface area contributed by atoms with Crippen molar-refractivity contribution in [1.29, 1.82) is 0 Å². The third-order valence-corrected chi connectivity index (χ3v) is 4.71. The second kappa shape index (κ2) is 5.05. The maximum atomic E-state index is 12.1. The number of aryl methyl sites for hydroxylation is 2. The average Bonchev–Trinajstić information content (AvgIpc) is 2.76. The number of rotatable bonds is 3. The molecule has 0 N–H and O–H groups in total. The summed E-state index contributed by atoms with van der Waals surface area (Å²) in [6, 6.07) is 6.25. The molecule has 1 heterocycles. The Hall–Kier alpha value is -0.760. The van der Waals surface area contributed by atoms with Gasteiger partial charge in [0.05, 0.1) is 5.25 Å². The first kappa shape index (κ1) is 11.7. The summed E-state index contributed by atoms with van der Waals surface area (Å²) in [6.07, 6.45) is 2.90. The third kappa shape index (κ3) is 2.49. The molecule has 0 amide bonds. The molecule has 1 atom stereocenters. The van der Waals surface area contributed by atoms with E-state index in [1.807, 2.05) is 11.8 Å². The molecule has 1 fully saturated rings. The van der Waals surface area contributed by atoms with E-state index in [0.717, 1.165) is 12.2 Å². The third-order valence-electron chi connectivity index (χ3n) is 3.28. The molecule has 1 aliphatic rings. The lowest BCUT2D eigenvalue weighted by atomic mass is 9.96. The van der Waals surface area contributed by atoms with Gasteiger partial charge in [0.2, 0.25) is 0 Å². The quantitative estimate of drug-likeness (QED) is 0.798. The fourth-order valence-electron chi connectivity index (χ4n) is 2.25. The van der Waals surface area contributed by atoms with Crippen molar-refractivity contribution in [2.75, 3.05) is 5.75 Å². The predicted molar refractivity (Wildman–Crippen MR) is 70.1 cm³/mol. The van der Waals surface area contributed by atoms with Crippen molar-refractivity contribution in [1.82, 2.24) is 0 Å². The van der Waals surface area contributed by atoms with Crippen molar-refractivity contribution in [3.63, 3.8) is 0 Å². The second-order valence-electron chi connectivity index (χ2n) is 4.52. The standard InChI is InChI=1S/C14H18OS/c1-10-5-3-6-11(2)12(10)9-13(15)14-7-4-8-16-14/h3,5-6,14H,4,7-9H2,1-2H3. The van der Waals surface area contributed by atoms with Gasteiger partial charge in [-0.15, -0.1) is 0 Å². The van der Waals surface area contributed by atoms with E-state index in [4.69, 9.17) is 0 Å². The summed E-state index contributed by atoms with van der Waals surface area (Å²) >= 11 is 1.83. The molecule has 1 nitrogen and oxygen atoms in total. The highest BCUT2D eigenvalue weighted by Crippen LogP contribution is 2.28. The largest absolute Gasteiger partial charge is 0.298 e. The number of hydrogen-bond donors (Lipinski definition) is 0. The van der Waals surface area contributed by atoms with Crippen molar-refractivity contribution in [3.8, 4) is 0 Å². The molecule has 0 radical (unpaired) electrons. The van der Waals surface area contributed by atoms with Crippen molar-refractivity contribution in [2.24, 2.45) is 0 Å². The van der Waals surface area contributed by atoms with Crippen LogP contribution in [0.25, 0.3) is 0 Å². The van der Waals surface area contributed by atoms with Gasteiger partial charge < -0.3 is 0 Å². The molecule has 1 saturated heterocycles. The van der Waals surface area contributed by atoms with Gasteiger partial charge in [-0.1, -0.05) is 18.2 Å². The summed E-state index contributed by atoms with van der Waals surface area (Å²) in [4.78, 5) is 12.1. The second-order valence-corrected chi connectivity index (χ2v) is 5.83. The molecule has 0 bridgehead atoms. The van der Waals surface area contributed by atoms with E-state index < -0.39 is 0 Å². The Morgan fingerprint density at radius 3 is 2.62 bits per heavy atom. The van der Waals surface area contributed by atoms with E-state index in [-0.39, 0.29) is 5.25 Å². The van der Waals surface area contributed by atoms with Gasteiger partial charge in [-0.05, 0) is 49.1 Å². The Bertz CT molecular complexity index is 371. The van der Waals surface area contributed by atoms with Gasteiger partial charge in [0.15, 0.2) is 0 Å². The van der Waals surface area contributed by atoms with Crippen LogP contribution in [0.3, 0.4) is 0 Å². The van der Waals surface area contributed by atoms with Crippen LogP contribution in [-0.2, 0) is 11.2 Å². The van der Waals surface area contributed by atoms with Crippen molar-refractivity contribution < 1.29 is 4.79 Å². The fraction of sp³-hybridized carbons (Fsp3) is 0.500. The Kier molecular flexibility index (Phi) is 3.70. The van der Waals surface area contributed by atoms with Crippen LogP contribution >= 0.6 is 11.8 Å². The van der Waals surface area contributed by atoms with Gasteiger partial charge in [-0.3, -0.25) is 4.79 Å². The SMILES string of the molecule is Cc1cccc(C)c1CC(=O)C1CCCS1. The van der Waals surface area contributed by atoms with Crippen LogP contribution in [0.5, 0.6) is 0 Å². The zero-order valence-corrected chi connectivity index (χ0v) is 10.8. The molecule has 1 unspecified atom stereocenters. The Labute approximate surface area is 102 Å². The van der Waals surface area contributed by atoms with Crippen LogP contribution in [0.15, 0.2) is 18.2 Å². The van der Waals surface area contributed by atoms with Crippen molar-refractivity contribution in [3.05, 3.63) is 34.9 Å². The van der Waals surface area contributed by atoms with Gasteiger partial charge >= 0.3 is 0 Å². The number of Topliss-reactive ketones (excluding diaryl/α,β-unsaturated/α-hetero) is 1. The molecule has 1 aliphatic heterocycles. The van der Waals surface area contributed by atoms with Gasteiger partial charge in [0, 0.05) is 6.42 Å². The Morgan fingerprint density at radius 1 is 1.38 bits per heavy atom. The maximum absolute atomic E-state index is 12.1. The van der Waals surface area contributed by atoms with Gasteiger partial charge in [0.25, 0.3) is 0 Å². The highest BCUT2D eigenvalue weighted by atomic mass is 32.2. The molecule has 1 aromatic carbocycles. The number of ketones is 1. The minimum atomic E-state index is 0.263. The van der Waals surface area contributed by atoms with Crippen LogP contribution in [0, 0.1) is 13.8 Å². The number of carbonyl (C=O) groups is 1. The fourth-order valence-corrected chi connectivity index (χ4v) is 3.47. The first-order valence-electron chi connectivity index (χ1n) is 5.88. The number of hydrogen-bond acceptors (Lipinski definition) is 2. The summed E-state index contributed by atoms with van der Waals surface area (Å²) in [5, 5.41) is 0.263. The molecule has 2 rings (SSSR count). The van der Waals surface area contributed by atoms with Crippen molar-refractivity contribution in [2.45, 2.75) is 38.4 Å². The van der Waals surface area contributed by atoms with Crippen LogP contribution < -0.4 is 0 Å². The van der Waals surface area contributed by atoms with E-state index >= 15 is 0 Å². The number of carbonyl (C=O) groups excluding carboxylic acids is 1. The molecule has 0 spiro atoms. The van der Waals surface area contributed by atoms with Crippen LogP contribution in [0.2, 0.25) is 0 Å². The monoisotopic (exact) mass is 234 g/mol. The van der Waals surface area contributed by atoms with Gasteiger partial charge in [0.1, 0.15) is 5.78 Å². The smallest absolute Gasteiger partial charge is 0.150 e. The van der Waals surface area contributed by atoms with Crippen LogP contribution in [0.4, 0.5) is 0 Å². The minimum Gasteiger partial charge on any atom is -0.298 e.